The summed E-state index contributed by atoms with van der Waals surface area (Å²) < 4.78 is 0. The maximum absolute atomic E-state index is 13.8. The molecule has 2 aliphatic rings. The Morgan fingerprint density at radius 1 is 0.683 bits per heavy atom. The summed E-state index contributed by atoms with van der Waals surface area (Å²) in [5.74, 6) is -0.902. The highest BCUT2D eigenvalue weighted by Crippen LogP contribution is 2.27. The van der Waals surface area contributed by atoms with Crippen molar-refractivity contribution in [3.63, 3.8) is 0 Å². The molecule has 208 valence electrons. The van der Waals surface area contributed by atoms with E-state index in [9.17, 15) is 19.5 Å². The summed E-state index contributed by atoms with van der Waals surface area (Å²) in [7, 11) is 0. The molecule has 0 aliphatic carbocycles. The summed E-state index contributed by atoms with van der Waals surface area (Å²) in [6.07, 6.45) is 1.87. The van der Waals surface area contributed by atoms with Crippen LogP contribution in [0.3, 0.4) is 0 Å². The molecule has 0 unspecified atom stereocenters. The molecule has 0 saturated carbocycles. The summed E-state index contributed by atoms with van der Waals surface area (Å²) in [5.41, 5.74) is 3.68. The smallest absolute Gasteiger partial charge is 0.335 e. The highest BCUT2D eigenvalue weighted by molar-refractivity contribution is 6.07. The summed E-state index contributed by atoms with van der Waals surface area (Å²) in [6, 6.07) is 25.9. The van der Waals surface area contributed by atoms with E-state index in [0.29, 0.717) is 30.4 Å². The van der Waals surface area contributed by atoms with Crippen LogP contribution in [0, 0.1) is 0 Å². The van der Waals surface area contributed by atoms with Gasteiger partial charge in [0.05, 0.1) is 22.3 Å². The first-order chi connectivity index (χ1) is 20.0. The first-order valence-corrected chi connectivity index (χ1v) is 14.1. The van der Waals surface area contributed by atoms with Gasteiger partial charge in [0.15, 0.2) is 0 Å². The van der Waals surface area contributed by atoms with Crippen LogP contribution < -0.4 is 0 Å². The minimum Gasteiger partial charge on any atom is -0.478 e. The highest BCUT2D eigenvalue weighted by Gasteiger charge is 2.31. The van der Waals surface area contributed by atoms with Crippen molar-refractivity contribution in [1.82, 2.24) is 19.7 Å². The van der Waals surface area contributed by atoms with Crippen molar-refractivity contribution < 1.29 is 19.5 Å². The number of piperazine rings is 1. The fraction of sp³-hybridized carbons (Fsp3) is 0.273. The predicted octanol–water partition coefficient (Wildman–Crippen LogP) is 4.66. The Morgan fingerprint density at radius 3 is 2.00 bits per heavy atom. The van der Waals surface area contributed by atoms with Gasteiger partial charge >= 0.3 is 5.97 Å². The van der Waals surface area contributed by atoms with Gasteiger partial charge < -0.3 is 14.9 Å². The molecule has 8 heteroatoms. The van der Waals surface area contributed by atoms with E-state index in [-0.39, 0.29) is 17.4 Å². The van der Waals surface area contributed by atoms with Crippen molar-refractivity contribution in [3.8, 4) is 11.3 Å². The number of carboxylic acid groups (broad SMARTS) is 1. The van der Waals surface area contributed by atoms with E-state index in [1.807, 2.05) is 70.5 Å². The molecule has 4 aromatic rings. The Balaban J connectivity index is 1.12. The first-order valence-electron chi connectivity index (χ1n) is 14.1. The average Bonchev–Trinajstić information content (AvgIpc) is 3.04. The number of carboxylic acids is 1. The molecule has 2 amide bonds. The molecule has 1 aromatic heterocycles. The third-order valence-corrected chi connectivity index (χ3v) is 8.26. The number of carbonyl (C=O) groups excluding carboxylic acids is 2. The lowest BCUT2D eigenvalue weighted by molar-refractivity contribution is 0.0413. The quantitative estimate of drug-likeness (QED) is 0.390. The number of likely N-dealkylation sites (tertiary alicyclic amines) is 1. The number of aromatic nitrogens is 1. The first kappa shape index (κ1) is 26.7. The number of hydrogen-bond donors (Lipinski definition) is 1. The van der Waals surface area contributed by atoms with Crippen LogP contribution in [0.4, 0.5) is 0 Å². The van der Waals surface area contributed by atoms with E-state index >= 15 is 0 Å². The minimum atomic E-state index is -0.982. The van der Waals surface area contributed by atoms with Gasteiger partial charge in [0, 0.05) is 61.8 Å². The van der Waals surface area contributed by atoms with Gasteiger partial charge in [-0.25, -0.2) is 9.78 Å². The summed E-state index contributed by atoms with van der Waals surface area (Å²) in [4.78, 5) is 49.0. The van der Waals surface area contributed by atoms with Crippen LogP contribution in [0.15, 0.2) is 84.9 Å². The zero-order chi connectivity index (χ0) is 28.3. The second kappa shape index (κ2) is 11.5. The lowest BCUT2D eigenvalue weighted by atomic mass is 10.0. The number of fused-ring (bicyclic) bond motifs is 1. The molecule has 2 fully saturated rings. The Hall–Kier alpha value is -4.56. The van der Waals surface area contributed by atoms with Crippen LogP contribution in [-0.4, -0.2) is 87.9 Å². The molecule has 0 spiro atoms. The number of nitrogens with zero attached hydrogens (tertiary/aromatic N) is 4. The molecule has 1 N–H and O–H groups in total. The van der Waals surface area contributed by atoms with E-state index in [4.69, 9.17) is 4.98 Å². The van der Waals surface area contributed by atoms with Crippen LogP contribution in [-0.2, 0) is 0 Å². The van der Waals surface area contributed by atoms with Crippen molar-refractivity contribution in [1.29, 1.82) is 0 Å². The molecule has 0 bridgehead atoms. The SMILES string of the molecule is O=C(O)c1ccc(-c2cc(C(=O)N3CCN(C4CCN(C(=O)c5ccccc5)CC4)CC3)c3ccccc3n2)cc1. The molecule has 6 rings (SSSR count). The second-order valence-electron chi connectivity index (χ2n) is 10.7. The van der Waals surface area contributed by atoms with Crippen LogP contribution in [0.25, 0.3) is 22.2 Å². The molecule has 3 aromatic carbocycles. The second-order valence-corrected chi connectivity index (χ2v) is 10.7. The zero-order valence-electron chi connectivity index (χ0n) is 22.8. The number of benzene rings is 3. The standard InChI is InChI=1S/C33H32N4O4/c38-31(24-6-2-1-3-7-24)36-16-14-26(15-17-36)35-18-20-37(21-19-35)32(39)28-22-30(34-29-9-5-4-8-27(28)29)23-10-12-25(13-11-23)33(40)41/h1-13,22,26H,14-21H2,(H,40,41). The van der Waals surface area contributed by atoms with E-state index in [1.54, 1.807) is 24.3 Å². The molecular weight excluding hydrogens is 516 g/mol. The molecule has 0 atom stereocenters. The molecule has 8 nitrogen and oxygen atoms in total. The zero-order valence-corrected chi connectivity index (χ0v) is 22.8. The topological polar surface area (TPSA) is 94.0 Å². The number of carbonyl (C=O) groups is 3. The normalized spacial score (nSPS) is 16.6. The molecule has 3 heterocycles. The van der Waals surface area contributed by atoms with Crippen LogP contribution >= 0.6 is 0 Å². The third-order valence-electron chi connectivity index (χ3n) is 8.26. The molecule has 0 radical (unpaired) electrons. The Kier molecular flexibility index (Phi) is 7.48. The summed E-state index contributed by atoms with van der Waals surface area (Å²) in [6.45, 7) is 4.38. The van der Waals surface area contributed by atoms with Gasteiger partial charge in [0.2, 0.25) is 0 Å². The Bertz CT molecular complexity index is 1570. The van der Waals surface area contributed by atoms with Crippen molar-refractivity contribution in [2.75, 3.05) is 39.3 Å². The van der Waals surface area contributed by atoms with E-state index in [1.165, 1.54) is 0 Å². The summed E-state index contributed by atoms with van der Waals surface area (Å²) in [5, 5.41) is 10.0. The number of rotatable bonds is 5. The van der Waals surface area contributed by atoms with Gasteiger partial charge in [-0.05, 0) is 49.2 Å². The van der Waals surface area contributed by atoms with E-state index in [2.05, 4.69) is 4.90 Å². The lowest BCUT2D eigenvalue weighted by Crippen LogP contribution is -2.54. The van der Waals surface area contributed by atoms with Gasteiger partial charge in [-0.15, -0.1) is 0 Å². The number of hydrogen-bond acceptors (Lipinski definition) is 5. The minimum absolute atomic E-state index is 0.0186. The van der Waals surface area contributed by atoms with E-state index < -0.39 is 5.97 Å². The van der Waals surface area contributed by atoms with Gasteiger partial charge in [0.25, 0.3) is 11.8 Å². The van der Waals surface area contributed by atoms with Crippen LogP contribution in [0.1, 0.15) is 43.9 Å². The lowest BCUT2D eigenvalue weighted by Gasteiger charge is -2.42. The van der Waals surface area contributed by atoms with Crippen molar-refractivity contribution in [2.45, 2.75) is 18.9 Å². The van der Waals surface area contributed by atoms with Crippen molar-refractivity contribution in [3.05, 3.63) is 102 Å². The van der Waals surface area contributed by atoms with Gasteiger partial charge in [-0.1, -0.05) is 48.5 Å². The molecule has 2 saturated heterocycles. The summed E-state index contributed by atoms with van der Waals surface area (Å²) >= 11 is 0. The molecule has 2 aliphatic heterocycles. The van der Waals surface area contributed by atoms with Crippen molar-refractivity contribution >= 4 is 28.7 Å². The van der Waals surface area contributed by atoms with E-state index in [0.717, 1.165) is 61.1 Å². The Morgan fingerprint density at radius 2 is 1.32 bits per heavy atom. The van der Waals surface area contributed by atoms with Gasteiger partial charge in [-0.2, -0.15) is 0 Å². The number of para-hydroxylation sites is 1. The maximum atomic E-state index is 13.8. The number of aromatic carboxylic acids is 1. The third kappa shape index (κ3) is 5.56. The number of amides is 2. The van der Waals surface area contributed by atoms with Gasteiger partial charge in [-0.3, -0.25) is 14.5 Å². The molecular formula is C33H32N4O4. The predicted molar refractivity (Wildman–Crippen MR) is 157 cm³/mol. The van der Waals surface area contributed by atoms with Crippen molar-refractivity contribution in [2.24, 2.45) is 0 Å². The highest BCUT2D eigenvalue weighted by atomic mass is 16.4. The fourth-order valence-electron chi connectivity index (χ4n) is 5.94. The van der Waals surface area contributed by atoms with Crippen LogP contribution in [0.2, 0.25) is 0 Å². The number of pyridine rings is 1. The van der Waals surface area contributed by atoms with Crippen LogP contribution in [0.5, 0.6) is 0 Å². The van der Waals surface area contributed by atoms with Gasteiger partial charge in [0.1, 0.15) is 0 Å². The largest absolute Gasteiger partial charge is 0.478 e. The Labute approximate surface area is 238 Å². The fourth-order valence-corrected chi connectivity index (χ4v) is 5.94. The number of piperidine rings is 1. The monoisotopic (exact) mass is 548 g/mol. The molecule has 41 heavy (non-hydrogen) atoms. The average molecular weight is 549 g/mol. The maximum Gasteiger partial charge on any atom is 0.335 e.